The van der Waals surface area contributed by atoms with Crippen molar-refractivity contribution in [2.24, 2.45) is 0 Å². The maximum atomic E-state index is 13.5. The molecule has 170 valence electrons. The maximum Gasteiger partial charge on any atom is 0.324 e. The summed E-state index contributed by atoms with van der Waals surface area (Å²) in [4.78, 5) is 29.3. The standard InChI is InChI=1S/C26H26FN3O3/c1-18(31)20-7-3-10-23(15-20)28-25(32)21-8-4-11-24(16-21)30-13-5-12-29(26(30)33)17-19-6-2-9-22(27)14-19/h2-4,6-11,14-16,18,31H,5,12-13,17H2,1H3,(H,28,32)/t18-/m0/s1. The fourth-order valence-corrected chi connectivity index (χ4v) is 3.92. The van der Waals surface area contributed by atoms with Crippen LogP contribution in [0.3, 0.4) is 0 Å². The van der Waals surface area contributed by atoms with Crippen LogP contribution in [0.2, 0.25) is 0 Å². The normalized spacial score (nSPS) is 14.8. The van der Waals surface area contributed by atoms with Gasteiger partial charge >= 0.3 is 6.03 Å². The molecule has 33 heavy (non-hydrogen) atoms. The fraction of sp³-hybridized carbons (Fsp3) is 0.231. The predicted molar refractivity (Wildman–Crippen MR) is 126 cm³/mol. The summed E-state index contributed by atoms with van der Waals surface area (Å²) in [7, 11) is 0. The molecule has 0 unspecified atom stereocenters. The van der Waals surface area contributed by atoms with Crippen LogP contribution in [0.25, 0.3) is 0 Å². The second-order valence-electron chi connectivity index (χ2n) is 8.15. The summed E-state index contributed by atoms with van der Waals surface area (Å²) in [5, 5.41) is 12.6. The number of amides is 3. The average molecular weight is 448 g/mol. The minimum absolute atomic E-state index is 0.173. The molecule has 3 amide bonds. The summed E-state index contributed by atoms with van der Waals surface area (Å²) in [6.07, 6.45) is 0.134. The molecule has 0 radical (unpaired) electrons. The minimum atomic E-state index is -0.634. The summed E-state index contributed by atoms with van der Waals surface area (Å²) in [6.45, 7) is 3.12. The Hall–Kier alpha value is -3.71. The minimum Gasteiger partial charge on any atom is -0.389 e. The van der Waals surface area contributed by atoms with Crippen molar-refractivity contribution < 1.29 is 19.1 Å². The van der Waals surface area contributed by atoms with Gasteiger partial charge in [-0.25, -0.2) is 9.18 Å². The number of aliphatic hydroxyl groups is 1. The molecule has 1 aliphatic heterocycles. The third-order valence-corrected chi connectivity index (χ3v) is 5.62. The largest absolute Gasteiger partial charge is 0.389 e. The Labute approximate surface area is 192 Å². The Bertz CT molecular complexity index is 1160. The Morgan fingerprint density at radius 2 is 1.85 bits per heavy atom. The van der Waals surface area contributed by atoms with Gasteiger partial charge in [-0.15, -0.1) is 0 Å². The highest BCUT2D eigenvalue weighted by molar-refractivity contribution is 6.05. The Morgan fingerprint density at radius 3 is 2.64 bits per heavy atom. The number of nitrogens with zero attached hydrogens (tertiary/aromatic N) is 2. The molecule has 3 aromatic rings. The second-order valence-corrected chi connectivity index (χ2v) is 8.15. The molecule has 4 rings (SSSR count). The number of carbonyl (C=O) groups is 2. The third kappa shape index (κ3) is 5.38. The van der Waals surface area contributed by atoms with Crippen molar-refractivity contribution in [1.82, 2.24) is 4.90 Å². The Morgan fingerprint density at radius 1 is 1.06 bits per heavy atom. The van der Waals surface area contributed by atoms with Crippen molar-refractivity contribution in [3.63, 3.8) is 0 Å². The van der Waals surface area contributed by atoms with E-state index in [2.05, 4.69) is 5.32 Å². The van der Waals surface area contributed by atoms with Crippen LogP contribution < -0.4 is 10.2 Å². The van der Waals surface area contributed by atoms with E-state index in [1.165, 1.54) is 12.1 Å². The van der Waals surface area contributed by atoms with E-state index in [9.17, 15) is 19.1 Å². The second kappa shape index (κ2) is 9.83. The monoisotopic (exact) mass is 447 g/mol. The first-order valence-corrected chi connectivity index (χ1v) is 10.9. The number of carbonyl (C=O) groups excluding carboxylic acids is 2. The molecule has 7 heteroatoms. The lowest BCUT2D eigenvalue weighted by Crippen LogP contribution is -2.49. The van der Waals surface area contributed by atoms with Gasteiger partial charge in [0.15, 0.2) is 0 Å². The van der Waals surface area contributed by atoms with Gasteiger partial charge in [-0.3, -0.25) is 9.69 Å². The lowest BCUT2D eigenvalue weighted by molar-refractivity contribution is 0.102. The van der Waals surface area contributed by atoms with Crippen molar-refractivity contribution in [1.29, 1.82) is 0 Å². The van der Waals surface area contributed by atoms with E-state index < -0.39 is 6.10 Å². The molecule has 1 saturated heterocycles. The van der Waals surface area contributed by atoms with Gasteiger partial charge in [0, 0.05) is 36.6 Å². The number of nitrogens with one attached hydrogen (secondary N) is 1. The summed E-state index contributed by atoms with van der Waals surface area (Å²) < 4.78 is 13.5. The molecule has 1 atom stereocenters. The molecule has 1 fully saturated rings. The van der Waals surface area contributed by atoms with E-state index in [0.717, 1.165) is 12.0 Å². The molecule has 6 nitrogen and oxygen atoms in total. The van der Waals surface area contributed by atoms with Gasteiger partial charge < -0.3 is 15.3 Å². The Kier molecular flexibility index (Phi) is 6.70. The first-order valence-electron chi connectivity index (χ1n) is 10.9. The molecule has 0 bridgehead atoms. The molecule has 3 aromatic carbocycles. The van der Waals surface area contributed by atoms with Crippen LogP contribution in [0.4, 0.5) is 20.6 Å². The highest BCUT2D eigenvalue weighted by Crippen LogP contribution is 2.24. The zero-order valence-corrected chi connectivity index (χ0v) is 18.4. The summed E-state index contributed by atoms with van der Waals surface area (Å²) >= 11 is 0. The lowest BCUT2D eigenvalue weighted by atomic mass is 10.1. The molecule has 0 saturated carbocycles. The van der Waals surface area contributed by atoms with Crippen molar-refractivity contribution in [2.45, 2.75) is 26.0 Å². The average Bonchev–Trinajstić information content (AvgIpc) is 2.81. The van der Waals surface area contributed by atoms with E-state index in [1.54, 1.807) is 77.4 Å². The number of halogens is 1. The van der Waals surface area contributed by atoms with Crippen molar-refractivity contribution >= 4 is 23.3 Å². The number of anilines is 2. The zero-order chi connectivity index (χ0) is 23.4. The van der Waals surface area contributed by atoms with Crippen LogP contribution in [0.15, 0.2) is 72.8 Å². The molecule has 2 N–H and O–H groups in total. The number of rotatable bonds is 6. The zero-order valence-electron chi connectivity index (χ0n) is 18.4. The third-order valence-electron chi connectivity index (χ3n) is 5.62. The summed E-state index contributed by atoms with van der Waals surface area (Å²) in [5.41, 5.74) is 3.08. The van der Waals surface area contributed by atoms with Crippen LogP contribution in [0.1, 0.15) is 40.9 Å². The summed E-state index contributed by atoms with van der Waals surface area (Å²) in [5.74, 6) is -0.632. The topological polar surface area (TPSA) is 72.9 Å². The van der Waals surface area contributed by atoms with E-state index >= 15 is 0 Å². The SMILES string of the molecule is C[C@H](O)c1cccc(NC(=O)c2cccc(N3CCCN(Cc4cccc(F)c4)C3=O)c2)c1. The van der Waals surface area contributed by atoms with Crippen LogP contribution in [0, 0.1) is 5.82 Å². The van der Waals surface area contributed by atoms with Crippen LogP contribution in [-0.4, -0.2) is 35.0 Å². The van der Waals surface area contributed by atoms with E-state index in [1.807, 2.05) is 0 Å². The number of hydrogen-bond donors (Lipinski definition) is 2. The van der Waals surface area contributed by atoms with Gasteiger partial charge in [-0.2, -0.15) is 0 Å². The highest BCUT2D eigenvalue weighted by Gasteiger charge is 2.27. The predicted octanol–water partition coefficient (Wildman–Crippen LogP) is 4.96. The molecule has 0 aromatic heterocycles. The number of urea groups is 1. The molecule has 0 spiro atoms. The quantitative estimate of drug-likeness (QED) is 0.561. The van der Waals surface area contributed by atoms with Gasteiger partial charge in [-0.1, -0.05) is 30.3 Å². The first-order chi connectivity index (χ1) is 15.9. The lowest BCUT2D eigenvalue weighted by Gasteiger charge is -2.35. The van der Waals surface area contributed by atoms with E-state index in [0.29, 0.717) is 42.1 Å². The summed E-state index contributed by atoms with van der Waals surface area (Å²) in [6, 6.07) is 20.0. The number of hydrogen-bond acceptors (Lipinski definition) is 3. The van der Waals surface area contributed by atoms with E-state index in [-0.39, 0.29) is 17.8 Å². The van der Waals surface area contributed by atoms with Gasteiger partial charge in [0.1, 0.15) is 5.82 Å². The van der Waals surface area contributed by atoms with Crippen molar-refractivity contribution in [3.8, 4) is 0 Å². The van der Waals surface area contributed by atoms with Crippen LogP contribution >= 0.6 is 0 Å². The van der Waals surface area contributed by atoms with Gasteiger partial charge in [-0.05, 0) is 66.9 Å². The molecular weight excluding hydrogens is 421 g/mol. The first kappa shape index (κ1) is 22.5. The number of aliphatic hydroxyl groups excluding tert-OH is 1. The number of benzene rings is 3. The van der Waals surface area contributed by atoms with Gasteiger partial charge in [0.2, 0.25) is 0 Å². The smallest absolute Gasteiger partial charge is 0.324 e. The molecule has 1 aliphatic rings. The molecule has 0 aliphatic carbocycles. The maximum absolute atomic E-state index is 13.5. The van der Waals surface area contributed by atoms with Crippen LogP contribution in [-0.2, 0) is 6.54 Å². The van der Waals surface area contributed by atoms with Crippen molar-refractivity contribution in [3.05, 3.63) is 95.3 Å². The fourth-order valence-electron chi connectivity index (χ4n) is 3.92. The molecular formula is C26H26FN3O3. The molecule has 1 heterocycles. The van der Waals surface area contributed by atoms with E-state index in [4.69, 9.17) is 0 Å². The van der Waals surface area contributed by atoms with Crippen LogP contribution in [0.5, 0.6) is 0 Å². The van der Waals surface area contributed by atoms with Gasteiger partial charge in [0.05, 0.1) is 6.10 Å². The Balaban J connectivity index is 1.49. The van der Waals surface area contributed by atoms with Gasteiger partial charge in [0.25, 0.3) is 5.91 Å². The van der Waals surface area contributed by atoms with Crippen molar-refractivity contribution in [2.75, 3.05) is 23.3 Å². The highest BCUT2D eigenvalue weighted by atomic mass is 19.1.